The number of hydrogen-bond donors (Lipinski definition) is 0. The van der Waals surface area contributed by atoms with Crippen LogP contribution in [0.15, 0.2) is 18.2 Å². The Morgan fingerprint density at radius 3 is 2.23 bits per heavy atom. The summed E-state index contributed by atoms with van der Waals surface area (Å²) in [5.41, 5.74) is 3.20. The largest absolute Gasteiger partial charge is 4.00 e. The van der Waals surface area contributed by atoms with Crippen molar-refractivity contribution in [3.63, 3.8) is 0 Å². The molecule has 0 unspecified atom stereocenters. The molecule has 1 aliphatic carbocycles. The maximum atomic E-state index is 2.26. The molecule has 13 heavy (non-hydrogen) atoms. The van der Waals surface area contributed by atoms with Gasteiger partial charge in [0.2, 0.25) is 0 Å². The fraction of sp³-hybridized carbons (Fsp3) is 0.444. The van der Waals surface area contributed by atoms with E-state index in [9.17, 15) is 0 Å². The maximum absolute atomic E-state index is 2.26. The molecule has 0 bridgehead atoms. The van der Waals surface area contributed by atoms with Crippen LogP contribution < -0.4 is 71.9 Å². The van der Waals surface area contributed by atoms with Gasteiger partial charge in [0.25, 0.3) is 0 Å². The van der Waals surface area contributed by atoms with Crippen LogP contribution in [0, 0.1) is 0 Å². The van der Waals surface area contributed by atoms with Crippen molar-refractivity contribution in [3.05, 3.63) is 29.3 Å². The minimum Gasteiger partial charge on any atom is -1.00 e. The molecular weight excluding hydrogens is 580 g/mol. The normalized spacial score (nSPS) is 12.0. The summed E-state index contributed by atoms with van der Waals surface area (Å²) >= 11 is 0. The first-order valence-electron chi connectivity index (χ1n) is 3.70. The van der Waals surface area contributed by atoms with Gasteiger partial charge in [0.1, 0.15) is 0 Å². The molecule has 0 aromatic heterocycles. The van der Waals surface area contributed by atoms with Gasteiger partial charge in [-0.3, -0.25) is 0 Å². The minimum absolute atomic E-state index is 0. The molecular formula is C9H11I3Zr. The number of halogens is 3. The molecule has 2 rings (SSSR count). The van der Waals surface area contributed by atoms with E-state index in [4.69, 9.17) is 0 Å². The molecule has 1 aromatic carbocycles. The van der Waals surface area contributed by atoms with E-state index in [1.807, 2.05) is 0 Å². The van der Waals surface area contributed by atoms with Crippen molar-refractivity contribution in [3.8, 4) is 0 Å². The maximum Gasteiger partial charge on any atom is 4.00 e. The summed E-state index contributed by atoms with van der Waals surface area (Å²) in [6, 6.07) is 6.69. The summed E-state index contributed by atoms with van der Waals surface area (Å²) < 4.78 is 0. The van der Waals surface area contributed by atoms with Gasteiger partial charge in [0, 0.05) is 0 Å². The van der Waals surface area contributed by atoms with Gasteiger partial charge in [-0.1, -0.05) is 25.7 Å². The first-order valence-corrected chi connectivity index (χ1v) is 3.70. The van der Waals surface area contributed by atoms with Crippen LogP contribution in [0.5, 0.6) is 0 Å². The molecule has 1 aromatic rings. The van der Waals surface area contributed by atoms with Gasteiger partial charge in [0.05, 0.1) is 0 Å². The van der Waals surface area contributed by atoms with Gasteiger partial charge in [-0.05, 0) is 0 Å². The molecule has 0 N–H and O–H groups in total. The zero-order valence-electron chi connectivity index (χ0n) is 7.19. The summed E-state index contributed by atoms with van der Waals surface area (Å²) in [6.45, 7) is 0. The SMILES string of the molecule is [I-].[I-].[I-].[Zr+4].c1cc2c([cH-]1)CCCC2. The number of rotatable bonds is 0. The Labute approximate surface area is 151 Å². The number of hydrogen-bond acceptors (Lipinski definition) is 0. The fourth-order valence-electron chi connectivity index (χ4n) is 1.61. The van der Waals surface area contributed by atoms with E-state index in [0.717, 1.165) is 0 Å². The molecule has 0 spiro atoms. The van der Waals surface area contributed by atoms with Crippen LogP contribution in [-0.4, -0.2) is 0 Å². The van der Waals surface area contributed by atoms with Crippen LogP contribution in [0.25, 0.3) is 0 Å². The summed E-state index contributed by atoms with van der Waals surface area (Å²) in [6.07, 6.45) is 5.44. The number of fused-ring (bicyclic) bond motifs is 1. The molecule has 0 fully saturated rings. The second kappa shape index (κ2) is 10.9. The standard InChI is InChI=1S/C9H11.3HI.Zr/c1-2-5-9-7-3-6-8(9)4-1;;;;/h3,6-7H,1-2,4-5H2;3*1H;/q-1;;;;+4/p-3. The van der Waals surface area contributed by atoms with Crippen molar-refractivity contribution in [1.29, 1.82) is 0 Å². The van der Waals surface area contributed by atoms with Gasteiger partial charge in [-0.2, -0.15) is 23.3 Å². The van der Waals surface area contributed by atoms with Crippen LogP contribution >= 0.6 is 0 Å². The predicted molar refractivity (Wildman–Crippen MR) is 38.7 cm³/mol. The van der Waals surface area contributed by atoms with Crippen LogP contribution in [0.2, 0.25) is 0 Å². The van der Waals surface area contributed by atoms with Gasteiger partial charge >= 0.3 is 26.2 Å². The van der Waals surface area contributed by atoms with Gasteiger partial charge in [-0.25, -0.2) is 6.07 Å². The molecule has 0 aliphatic heterocycles. The Bertz CT molecular complexity index is 190. The van der Waals surface area contributed by atoms with Gasteiger partial charge in [-0.15, -0.1) is 0 Å². The Hall–Kier alpha value is 2.42. The first-order chi connectivity index (χ1) is 4.47. The molecule has 72 valence electrons. The van der Waals surface area contributed by atoms with E-state index in [0.29, 0.717) is 0 Å². The van der Waals surface area contributed by atoms with Gasteiger partial charge < -0.3 is 71.9 Å². The van der Waals surface area contributed by atoms with E-state index in [1.165, 1.54) is 25.7 Å². The monoisotopic (exact) mass is 590 g/mol. The van der Waals surface area contributed by atoms with E-state index in [2.05, 4.69) is 18.2 Å². The Balaban J connectivity index is -0.000000250. The summed E-state index contributed by atoms with van der Waals surface area (Å²) in [7, 11) is 0. The zero-order chi connectivity index (χ0) is 6.10. The van der Waals surface area contributed by atoms with E-state index >= 15 is 0 Å². The third-order valence-electron chi connectivity index (χ3n) is 2.15. The van der Waals surface area contributed by atoms with Crippen LogP contribution in [-0.2, 0) is 39.0 Å². The average molecular weight is 591 g/mol. The second-order valence-electron chi connectivity index (χ2n) is 2.78. The molecule has 4 heteroatoms. The third kappa shape index (κ3) is 5.90. The van der Waals surface area contributed by atoms with Crippen molar-refractivity contribution < 1.29 is 98.1 Å². The number of aryl methyl sites for hydroxylation is 2. The smallest absolute Gasteiger partial charge is 1.00 e. The van der Waals surface area contributed by atoms with Crippen molar-refractivity contribution in [2.24, 2.45) is 0 Å². The zero-order valence-corrected chi connectivity index (χ0v) is 16.1. The molecule has 0 atom stereocenters. The van der Waals surface area contributed by atoms with E-state index < -0.39 is 0 Å². The third-order valence-corrected chi connectivity index (χ3v) is 2.15. The summed E-state index contributed by atoms with van der Waals surface area (Å²) in [5.74, 6) is 0. The Morgan fingerprint density at radius 1 is 1.00 bits per heavy atom. The van der Waals surface area contributed by atoms with E-state index in [1.54, 1.807) is 11.1 Å². The molecule has 0 heterocycles. The minimum atomic E-state index is 0. The van der Waals surface area contributed by atoms with Crippen molar-refractivity contribution in [2.45, 2.75) is 25.7 Å². The Kier molecular flexibility index (Phi) is 17.5. The Morgan fingerprint density at radius 2 is 1.62 bits per heavy atom. The topological polar surface area (TPSA) is 0 Å². The molecule has 1 aliphatic rings. The predicted octanol–water partition coefficient (Wildman–Crippen LogP) is -6.71. The fourth-order valence-corrected chi connectivity index (χ4v) is 1.61. The molecule has 0 saturated heterocycles. The van der Waals surface area contributed by atoms with Crippen LogP contribution in [0.4, 0.5) is 0 Å². The van der Waals surface area contributed by atoms with Gasteiger partial charge in [0.15, 0.2) is 0 Å². The van der Waals surface area contributed by atoms with Crippen molar-refractivity contribution in [1.82, 2.24) is 0 Å². The van der Waals surface area contributed by atoms with Crippen molar-refractivity contribution in [2.75, 3.05) is 0 Å². The summed E-state index contributed by atoms with van der Waals surface area (Å²) in [5, 5.41) is 0. The van der Waals surface area contributed by atoms with Crippen LogP contribution in [0.3, 0.4) is 0 Å². The van der Waals surface area contributed by atoms with E-state index in [-0.39, 0.29) is 98.1 Å². The second-order valence-corrected chi connectivity index (χ2v) is 2.78. The summed E-state index contributed by atoms with van der Waals surface area (Å²) in [4.78, 5) is 0. The first kappa shape index (κ1) is 20.8. The quantitative estimate of drug-likeness (QED) is 0.208. The average Bonchev–Trinajstić information content (AvgIpc) is 2.33. The van der Waals surface area contributed by atoms with Crippen LogP contribution in [0.1, 0.15) is 24.0 Å². The molecule has 0 radical (unpaired) electrons. The molecule has 0 saturated carbocycles. The molecule has 0 nitrogen and oxygen atoms in total. The van der Waals surface area contributed by atoms with Crippen molar-refractivity contribution >= 4 is 0 Å². The molecule has 0 amide bonds.